The minimum Gasteiger partial charge on any atom is -0.489 e. The number of nitrogens with zero attached hydrogens (tertiary/aromatic N) is 2. The summed E-state index contributed by atoms with van der Waals surface area (Å²) in [5, 5.41) is 6.97. The number of amides is 1. The zero-order chi connectivity index (χ0) is 20.7. The van der Waals surface area contributed by atoms with Crippen molar-refractivity contribution in [3.05, 3.63) is 59.7 Å². The number of ether oxygens (including phenoxy) is 1. The van der Waals surface area contributed by atoms with Crippen LogP contribution in [0.1, 0.15) is 40.1 Å². The van der Waals surface area contributed by atoms with E-state index in [1.54, 1.807) is 29.4 Å². The lowest BCUT2D eigenvalue weighted by Crippen LogP contribution is -2.46. The molecule has 1 fully saturated rings. The minimum atomic E-state index is -0.452. The molecule has 2 aliphatic heterocycles. The highest BCUT2D eigenvalue weighted by Gasteiger charge is 2.36. The second-order valence-electron chi connectivity index (χ2n) is 7.72. The molecule has 1 N–H and O–H groups in total. The second-order valence-corrected chi connectivity index (χ2v) is 7.72. The Balaban J connectivity index is 1.30. The monoisotopic (exact) mass is 409 g/mol. The number of piperidine rings is 1. The number of rotatable bonds is 3. The Morgan fingerprint density at radius 2 is 2.17 bits per heavy atom. The number of H-pyrrole nitrogens is 1. The van der Waals surface area contributed by atoms with Gasteiger partial charge in [0.2, 0.25) is 0 Å². The fraction of sp³-hybridized carbons (Fsp3) is 0.318. The van der Waals surface area contributed by atoms with Crippen molar-refractivity contribution in [2.45, 2.75) is 25.4 Å². The van der Waals surface area contributed by atoms with E-state index in [-0.39, 0.29) is 35.7 Å². The summed E-state index contributed by atoms with van der Waals surface area (Å²) in [7, 11) is 0. The van der Waals surface area contributed by atoms with Crippen LogP contribution in [0, 0.1) is 11.7 Å². The summed E-state index contributed by atoms with van der Waals surface area (Å²) in [4.78, 5) is 27.2. The van der Waals surface area contributed by atoms with E-state index in [0.29, 0.717) is 36.0 Å². The first-order valence-corrected chi connectivity index (χ1v) is 9.96. The van der Waals surface area contributed by atoms with E-state index in [9.17, 15) is 14.0 Å². The van der Waals surface area contributed by atoms with Gasteiger partial charge in [-0.25, -0.2) is 4.39 Å². The fourth-order valence-electron chi connectivity index (χ4n) is 4.23. The predicted molar refractivity (Wildman–Crippen MR) is 105 cm³/mol. The van der Waals surface area contributed by atoms with Gasteiger partial charge in [-0.2, -0.15) is 5.10 Å². The largest absolute Gasteiger partial charge is 0.489 e. The van der Waals surface area contributed by atoms with Crippen LogP contribution in [0.15, 0.2) is 47.1 Å². The summed E-state index contributed by atoms with van der Waals surface area (Å²) < 4.78 is 24.8. The lowest BCUT2D eigenvalue weighted by atomic mass is 9.86. The van der Waals surface area contributed by atoms with E-state index in [1.807, 2.05) is 0 Å². The third-order valence-electron chi connectivity index (χ3n) is 5.76. The van der Waals surface area contributed by atoms with Crippen molar-refractivity contribution in [1.82, 2.24) is 15.1 Å². The number of hydrogen-bond donors (Lipinski definition) is 1. The van der Waals surface area contributed by atoms with Crippen LogP contribution in [-0.4, -0.2) is 46.0 Å². The van der Waals surface area contributed by atoms with Crippen LogP contribution in [0.4, 0.5) is 4.39 Å². The summed E-state index contributed by atoms with van der Waals surface area (Å²) >= 11 is 0. The molecule has 2 atom stereocenters. The Morgan fingerprint density at radius 3 is 3.00 bits per heavy atom. The summed E-state index contributed by atoms with van der Waals surface area (Å²) in [6, 6.07) is 9.25. The molecule has 0 bridgehead atoms. The van der Waals surface area contributed by atoms with Crippen molar-refractivity contribution in [3.63, 3.8) is 0 Å². The van der Waals surface area contributed by atoms with Gasteiger partial charge in [-0.15, -0.1) is 0 Å². The molecule has 1 amide bonds. The van der Waals surface area contributed by atoms with Gasteiger partial charge < -0.3 is 14.1 Å². The maximum atomic E-state index is 13.4. The number of ketones is 1. The van der Waals surface area contributed by atoms with Crippen LogP contribution >= 0.6 is 0 Å². The number of Topliss-reactive ketones (excluding diaryl/α,β-unsaturated/α-hetero) is 1. The second kappa shape index (κ2) is 7.44. The number of furan rings is 1. The molecule has 2 aromatic heterocycles. The van der Waals surface area contributed by atoms with Crippen LogP contribution in [0.25, 0.3) is 11.5 Å². The average Bonchev–Trinajstić information content (AvgIpc) is 3.45. The SMILES string of the molecule is O=C1C[C@H]([C@@H]2CCCN(C(=O)c3cc(-c4ccco4)[nH]n3)C2)Oc2ccc(F)cc21. The minimum absolute atomic E-state index is 0.0216. The number of nitrogens with one attached hydrogen (secondary N) is 1. The zero-order valence-electron chi connectivity index (χ0n) is 16.1. The van der Waals surface area contributed by atoms with Crippen LogP contribution in [0.5, 0.6) is 5.75 Å². The molecule has 1 saturated heterocycles. The molecule has 1 aromatic carbocycles. The third-order valence-corrected chi connectivity index (χ3v) is 5.76. The van der Waals surface area contributed by atoms with E-state index in [1.165, 1.54) is 18.2 Å². The van der Waals surface area contributed by atoms with Crippen molar-refractivity contribution >= 4 is 11.7 Å². The van der Waals surface area contributed by atoms with Crippen molar-refractivity contribution in [2.24, 2.45) is 5.92 Å². The molecular weight excluding hydrogens is 389 g/mol. The smallest absolute Gasteiger partial charge is 0.274 e. The number of carbonyl (C=O) groups is 2. The molecule has 0 saturated carbocycles. The summed E-state index contributed by atoms with van der Waals surface area (Å²) in [6.07, 6.45) is 3.09. The molecule has 2 aliphatic rings. The van der Waals surface area contributed by atoms with Gasteiger partial charge in [0.25, 0.3) is 5.91 Å². The van der Waals surface area contributed by atoms with Crippen LogP contribution in [-0.2, 0) is 0 Å². The quantitative estimate of drug-likeness (QED) is 0.713. The summed E-state index contributed by atoms with van der Waals surface area (Å²) in [5.41, 5.74) is 1.25. The molecular formula is C22H20FN3O4. The molecule has 5 rings (SSSR count). The highest BCUT2D eigenvalue weighted by atomic mass is 19.1. The van der Waals surface area contributed by atoms with Crippen LogP contribution in [0.3, 0.4) is 0 Å². The van der Waals surface area contributed by atoms with Crippen molar-refractivity contribution in [1.29, 1.82) is 0 Å². The normalized spacial score (nSPS) is 21.2. The molecule has 0 unspecified atom stereocenters. The van der Waals surface area contributed by atoms with Gasteiger partial charge in [0.1, 0.15) is 23.4 Å². The number of likely N-dealkylation sites (tertiary alicyclic amines) is 1. The van der Waals surface area contributed by atoms with Gasteiger partial charge in [-0.05, 0) is 43.2 Å². The number of aromatic amines is 1. The number of carbonyl (C=O) groups excluding carboxylic acids is 2. The third kappa shape index (κ3) is 3.38. The van der Waals surface area contributed by atoms with E-state index in [2.05, 4.69) is 10.2 Å². The van der Waals surface area contributed by atoms with Gasteiger partial charge >= 0.3 is 0 Å². The van der Waals surface area contributed by atoms with Crippen molar-refractivity contribution in [3.8, 4) is 17.2 Å². The Labute approximate surface area is 171 Å². The van der Waals surface area contributed by atoms with E-state index in [4.69, 9.17) is 9.15 Å². The molecule has 0 spiro atoms. The molecule has 4 heterocycles. The van der Waals surface area contributed by atoms with E-state index < -0.39 is 5.82 Å². The number of benzene rings is 1. The highest BCUT2D eigenvalue weighted by Crippen LogP contribution is 2.34. The molecule has 0 radical (unpaired) electrons. The number of halogens is 1. The molecule has 30 heavy (non-hydrogen) atoms. The lowest BCUT2D eigenvalue weighted by Gasteiger charge is -2.38. The van der Waals surface area contributed by atoms with Gasteiger partial charge in [0.05, 0.1) is 11.8 Å². The Bertz CT molecular complexity index is 1090. The van der Waals surface area contributed by atoms with Gasteiger partial charge in [-0.1, -0.05) is 0 Å². The van der Waals surface area contributed by atoms with Crippen LogP contribution in [0.2, 0.25) is 0 Å². The van der Waals surface area contributed by atoms with E-state index >= 15 is 0 Å². The Morgan fingerprint density at radius 1 is 1.27 bits per heavy atom. The van der Waals surface area contributed by atoms with Gasteiger partial charge in [0, 0.05) is 31.5 Å². The first kappa shape index (κ1) is 18.6. The van der Waals surface area contributed by atoms with Crippen LogP contribution < -0.4 is 4.74 Å². The molecule has 0 aliphatic carbocycles. The number of aromatic nitrogens is 2. The Hall–Kier alpha value is -3.42. The zero-order valence-corrected chi connectivity index (χ0v) is 16.1. The maximum absolute atomic E-state index is 13.4. The van der Waals surface area contributed by atoms with Crippen molar-refractivity contribution < 1.29 is 23.1 Å². The van der Waals surface area contributed by atoms with Crippen molar-refractivity contribution in [2.75, 3.05) is 13.1 Å². The van der Waals surface area contributed by atoms with Gasteiger partial charge in [-0.3, -0.25) is 14.7 Å². The first-order chi connectivity index (χ1) is 14.6. The molecule has 154 valence electrons. The predicted octanol–water partition coefficient (Wildman–Crippen LogP) is 3.70. The van der Waals surface area contributed by atoms with Gasteiger partial charge in [0.15, 0.2) is 17.2 Å². The number of fused-ring (bicyclic) bond motifs is 1. The fourth-order valence-corrected chi connectivity index (χ4v) is 4.23. The maximum Gasteiger partial charge on any atom is 0.274 e. The first-order valence-electron chi connectivity index (χ1n) is 9.96. The standard InChI is InChI=1S/C22H20FN3O4/c23-14-5-6-19-15(9-14)18(27)11-21(30-19)13-3-1-7-26(12-13)22(28)17-10-16(24-25-17)20-4-2-8-29-20/h2,4-6,8-10,13,21H,1,3,7,11-12H2,(H,24,25)/t13-,21-/m1/s1. The summed E-state index contributed by atoms with van der Waals surface area (Å²) in [5.74, 6) is 0.302. The van der Waals surface area contributed by atoms with E-state index in [0.717, 1.165) is 12.8 Å². The summed E-state index contributed by atoms with van der Waals surface area (Å²) in [6.45, 7) is 1.11. The highest BCUT2D eigenvalue weighted by molar-refractivity contribution is 6.00. The molecule has 8 heteroatoms. The molecule has 3 aromatic rings. The number of hydrogen-bond acceptors (Lipinski definition) is 5. The topological polar surface area (TPSA) is 88.4 Å². The molecule has 7 nitrogen and oxygen atoms in total. The Kier molecular flexibility index (Phi) is 4.61. The average molecular weight is 409 g/mol. The lowest BCUT2D eigenvalue weighted by molar-refractivity contribution is 0.0405.